The fraction of sp³-hybridized carbons (Fsp3) is 0.379. The summed E-state index contributed by atoms with van der Waals surface area (Å²) >= 11 is 0. The van der Waals surface area contributed by atoms with Gasteiger partial charge in [0.1, 0.15) is 29.4 Å². The summed E-state index contributed by atoms with van der Waals surface area (Å²) in [5, 5.41) is 16.1. The van der Waals surface area contributed by atoms with E-state index in [2.05, 4.69) is 30.6 Å². The molecule has 200 valence electrons. The third kappa shape index (κ3) is 4.49. The molecular weight excluding hydrogens is 492 g/mol. The first-order chi connectivity index (χ1) is 19.1. The maximum absolute atomic E-state index is 10.2. The molecule has 0 atom stereocenters. The van der Waals surface area contributed by atoms with E-state index in [1.54, 1.807) is 6.07 Å². The average Bonchev–Trinajstić information content (AvgIpc) is 3.56. The molecule has 4 heterocycles. The molecule has 0 bridgehead atoms. The van der Waals surface area contributed by atoms with Crippen LogP contribution in [-0.4, -0.2) is 72.1 Å². The zero-order valence-corrected chi connectivity index (χ0v) is 21.8. The molecule has 0 unspecified atom stereocenters. The highest BCUT2D eigenvalue weighted by Crippen LogP contribution is 2.37. The second kappa shape index (κ2) is 9.94. The van der Waals surface area contributed by atoms with Crippen LogP contribution in [0, 0.1) is 0 Å². The third-order valence-electron chi connectivity index (χ3n) is 8.25. The standard InChI is InChI=1S/C29H32N8O2/c30-28-26-27(19-5-10-22-23(15-19)34-25(33-22)16-18-3-1-2-4-24(18)38)35-37(29(26)32-17-31-28)21-8-6-20(7-9-21)36-11-13-39-14-12-36/h1-5,10,15,17,20-21,38H,6-9,11-14,16H2,(H,33,34)(H2,30,31,32)/t20-,21-. The summed E-state index contributed by atoms with van der Waals surface area (Å²) in [6, 6.07) is 14.3. The number of ether oxygens (including phenoxy) is 1. The van der Waals surface area contributed by atoms with Gasteiger partial charge in [0.05, 0.1) is 35.7 Å². The van der Waals surface area contributed by atoms with E-state index in [9.17, 15) is 5.11 Å². The molecule has 0 spiro atoms. The number of H-pyrrole nitrogens is 1. The molecule has 4 N–H and O–H groups in total. The van der Waals surface area contributed by atoms with Crippen LogP contribution >= 0.6 is 0 Å². The lowest BCUT2D eigenvalue weighted by Gasteiger charge is -2.38. The first kappa shape index (κ1) is 24.1. The number of phenols is 1. The largest absolute Gasteiger partial charge is 0.508 e. The molecule has 2 aromatic carbocycles. The van der Waals surface area contributed by atoms with Gasteiger partial charge in [0.25, 0.3) is 0 Å². The molecule has 0 amide bonds. The minimum absolute atomic E-state index is 0.269. The van der Waals surface area contributed by atoms with Crippen molar-refractivity contribution in [3.05, 3.63) is 60.2 Å². The minimum atomic E-state index is 0.269. The number of imidazole rings is 1. The van der Waals surface area contributed by atoms with Crippen LogP contribution in [0.25, 0.3) is 33.3 Å². The number of fused-ring (bicyclic) bond motifs is 2. The monoisotopic (exact) mass is 524 g/mol. The van der Waals surface area contributed by atoms with Gasteiger partial charge in [-0.3, -0.25) is 4.90 Å². The van der Waals surface area contributed by atoms with E-state index in [1.165, 1.54) is 6.33 Å². The lowest BCUT2D eigenvalue weighted by atomic mass is 9.90. The zero-order valence-electron chi connectivity index (χ0n) is 21.8. The fourth-order valence-electron chi connectivity index (χ4n) is 6.20. The van der Waals surface area contributed by atoms with E-state index in [0.29, 0.717) is 18.3 Å². The molecule has 0 radical (unpaired) electrons. The Morgan fingerprint density at radius 3 is 2.62 bits per heavy atom. The first-order valence-electron chi connectivity index (χ1n) is 13.7. The van der Waals surface area contributed by atoms with Gasteiger partial charge in [0, 0.05) is 36.7 Å². The van der Waals surface area contributed by atoms with Crippen LogP contribution in [0.15, 0.2) is 48.8 Å². The molecule has 2 fully saturated rings. The molecule has 5 aromatic rings. The van der Waals surface area contributed by atoms with Gasteiger partial charge in [0.15, 0.2) is 5.65 Å². The third-order valence-corrected chi connectivity index (χ3v) is 8.25. The number of rotatable bonds is 5. The number of nitrogens with two attached hydrogens (primary N) is 1. The van der Waals surface area contributed by atoms with Gasteiger partial charge in [0.2, 0.25) is 0 Å². The van der Waals surface area contributed by atoms with Gasteiger partial charge in [-0.15, -0.1) is 0 Å². The predicted octanol–water partition coefficient (Wildman–Crippen LogP) is 4.06. The van der Waals surface area contributed by atoms with E-state index < -0.39 is 0 Å². The molecule has 3 aromatic heterocycles. The fourth-order valence-corrected chi connectivity index (χ4v) is 6.20. The number of nitrogens with one attached hydrogen (secondary N) is 1. The highest BCUT2D eigenvalue weighted by molar-refractivity contribution is 5.99. The SMILES string of the molecule is Nc1ncnc2c1c(-c1ccc3nc(Cc4ccccc4O)[nH]c3c1)nn2[C@H]1CC[C@H](N2CCOCC2)CC1. The molecule has 7 rings (SSSR count). The van der Waals surface area contributed by atoms with Crippen LogP contribution in [-0.2, 0) is 11.2 Å². The van der Waals surface area contributed by atoms with E-state index in [-0.39, 0.29) is 11.8 Å². The van der Waals surface area contributed by atoms with Gasteiger partial charge in [-0.25, -0.2) is 19.6 Å². The number of phenolic OH excluding ortho intramolecular Hbond substituents is 1. The van der Waals surface area contributed by atoms with E-state index in [4.69, 9.17) is 20.6 Å². The summed E-state index contributed by atoms with van der Waals surface area (Å²) in [5.41, 5.74) is 11.5. The summed E-state index contributed by atoms with van der Waals surface area (Å²) in [5.74, 6) is 1.50. The summed E-state index contributed by atoms with van der Waals surface area (Å²) in [7, 11) is 0. The number of aromatic hydroxyl groups is 1. The summed E-state index contributed by atoms with van der Waals surface area (Å²) < 4.78 is 7.63. The van der Waals surface area contributed by atoms with Gasteiger partial charge in [-0.05, 0) is 43.9 Å². The van der Waals surface area contributed by atoms with Crippen molar-refractivity contribution in [1.29, 1.82) is 0 Å². The van der Waals surface area contributed by atoms with Crippen LogP contribution in [0.1, 0.15) is 43.1 Å². The highest BCUT2D eigenvalue weighted by atomic mass is 16.5. The highest BCUT2D eigenvalue weighted by Gasteiger charge is 2.30. The maximum atomic E-state index is 10.2. The van der Waals surface area contributed by atoms with Crippen molar-refractivity contribution in [2.24, 2.45) is 0 Å². The van der Waals surface area contributed by atoms with Gasteiger partial charge < -0.3 is 20.6 Å². The molecule has 1 saturated heterocycles. The van der Waals surface area contributed by atoms with Gasteiger partial charge in [-0.2, -0.15) is 5.10 Å². The summed E-state index contributed by atoms with van der Waals surface area (Å²) in [6.45, 7) is 3.72. The van der Waals surface area contributed by atoms with Crippen molar-refractivity contribution in [2.45, 2.75) is 44.2 Å². The summed E-state index contributed by atoms with van der Waals surface area (Å²) in [4.78, 5) is 19.7. The second-order valence-corrected chi connectivity index (χ2v) is 10.6. The lowest BCUT2D eigenvalue weighted by molar-refractivity contribution is 0.00520. The maximum Gasteiger partial charge on any atom is 0.164 e. The number of aromatic nitrogens is 6. The zero-order chi connectivity index (χ0) is 26.3. The first-order valence-corrected chi connectivity index (χ1v) is 13.7. The number of anilines is 1. The molecule has 39 heavy (non-hydrogen) atoms. The normalized spacial score (nSPS) is 20.6. The number of benzene rings is 2. The van der Waals surface area contributed by atoms with Crippen molar-refractivity contribution >= 4 is 27.9 Å². The Morgan fingerprint density at radius 1 is 1.00 bits per heavy atom. The smallest absolute Gasteiger partial charge is 0.164 e. The van der Waals surface area contributed by atoms with Crippen molar-refractivity contribution in [3.63, 3.8) is 0 Å². The number of aromatic amines is 1. The van der Waals surface area contributed by atoms with E-state index >= 15 is 0 Å². The van der Waals surface area contributed by atoms with Crippen molar-refractivity contribution < 1.29 is 9.84 Å². The molecule has 1 aliphatic heterocycles. The Balaban J connectivity index is 1.19. The van der Waals surface area contributed by atoms with Gasteiger partial charge in [-0.1, -0.05) is 24.3 Å². The number of para-hydroxylation sites is 1. The van der Waals surface area contributed by atoms with Crippen LogP contribution in [0.3, 0.4) is 0 Å². The Bertz CT molecular complexity index is 1630. The van der Waals surface area contributed by atoms with E-state index in [1.807, 2.05) is 30.3 Å². The van der Waals surface area contributed by atoms with Crippen molar-refractivity contribution in [1.82, 2.24) is 34.6 Å². The molecule has 2 aliphatic rings. The predicted molar refractivity (Wildman–Crippen MR) is 149 cm³/mol. The van der Waals surface area contributed by atoms with Crippen molar-refractivity contribution in [2.75, 3.05) is 32.0 Å². The number of nitrogens with zero attached hydrogens (tertiary/aromatic N) is 6. The molecule has 1 saturated carbocycles. The van der Waals surface area contributed by atoms with Crippen LogP contribution in [0.2, 0.25) is 0 Å². The quantitative estimate of drug-likeness (QED) is 0.314. The molecule has 1 aliphatic carbocycles. The Labute approximate surface area is 225 Å². The van der Waals surface area contributed by atoms with E-state index in [0.717, 1.165) is 96.7 Å². The molecule has 10 nitrogen and oxygen atoms in total. The van der Waals surface area contributed by atoms with Crippen molar-refractivity contribution in [3.8, 4) is 17.0 Å². The second-order valence-electron chi connectivity index (χ2n) is 10.6. The average molecular weight is 525 g/mol. The van der Waals surface area contributed by atoms with Gasteiger partial charge >= 0.3 is 0 Å². The van der Waals surface area contributed by atoms with Crippen LogP contribution in [0.5, 0.6) is 5.75 Å². The lowest BCUT2D eigenvalue weighted by Crippen LogP contribution is -2.45. The number of hydrogen-bond acceptors (Lipinski definition) is 8. The summed E-state index contributed by atoms with van der Waals surface area (Å²) in [6.07, 6.45) is 6.43. The van der Waals surface area contributed by atoms with Crippen LogP contribution < -0.4 is 5.73 Å². The number of nitrogen functional groups attached to an aromatic ring is 1. The van der Waals surface area contributed by atoms with Crippen LogP contribution in [0.4, 0.5) is 5.82 Å². The Morgan fingerprint density at radius 2 is 1.79 bits per heavy atom. The number of morpholine rings is 1. The number of hydrogen-bond donors (Lipinski definition) is 3. The Kier molecular flexibility index (Phi) is 6.13. The minimum Gasteiger partial charge on any atom is -0.508 e. The molecule has 10 heteroatoms. The molecular formula is C29H32N8O2. The Hall–Kier alpha value is -4.02. The topological polar surface area (TPSA) is 131 Å².